The molecule has 0 atom stereocenters. The lowest BCUT2D eigenvalue weighted by Crippen LogP contribution is -1.92. The highest BCUT2D eigenvalue weighted by molar-refractivity contribution is 7.98. The Labute approximate surface area is 161 Å². The van der Waals surface area contributed by atoms with Gasteiger partial charge in [0.1, 0.15) is 11.5 Å². The third-order valence-corrected chi connectivity index (χ3v) is 5.09. The zero-order chi connectivity index (χ0) is 18.8. The first-order valence-corrected chi connectivity index (χ1v) is 10.1. The van der Waals surface area contributed by atoms with E-state index in [1.807, 2.05) is 24.3 Å². The number of ether oxygens (including phenoxy) is 2. The highest BCUT2D eigenvalue weighted by Gasteiger charge is 2.09. The molecule has 0 spiro atoms. The fourth-order valence-electron chi connectivity index (χ4n) is 2.85. The van der Waals surface area contributed by atoms with Crippen LogP contribution in [0, 0.1) is 0 Å². The van der Waals surface area contributed by atoms with Crippen LogP contribution in [0.5, 0.6) is 11.5 Å². The summed E-state index contributed by atoms with van der Waals surface area (Å²) in [5, 5.41) is 0. The Hall–Kier alpha value is -2.13. The highest BCUT2D eigenvalue weighted by Crippen LogP contribution is 2.34. The van der Waals surface area contributed by atoms with Gasteiger partial charge in [0.15, 0.2) is 0 Å². The summed E-state index contributed by atoms with van der Waals surface area (Å²) in [7, 11) is 3.40. The summed E-state index contributed by atoms with van der Waals surface area (Å²) in [6.07, 6.45) is 10.8. The van der Waals surface area contributed by atoms with Crippen molar-refractivity contribution in [3.05, 3.63) is 66.2 Å². The van der Waals surface area contributed by atoms with Crippen LogP contribution in [0.4, 0.5) is 0 Å². The largest absolute Gasteiger partial charge is 0.497 e. The maximum atomic E-state index is 5.39. The fourth-order valence-corrected chi connectivity index (χ4v) is 3.51. The molecule has 2 aromatic rings. The molecule has 0 radical (unpaired) electrons. The summed E-state index contributed by atoms with van der Waals surface area (Å²) in [6, 6.07) is 14.5. The average Bonchev–Trinajstić information content (AvgIpc) is 2.70. The van der Waals surface area contributed by atoms with E-state index in [1.165, 1.54) is 21.6 Å². The van der Waals surface area contributed by atoms with Gasteiger partial charge in [0.2, 0.25) is 0 Å². The summed E-state index contributed by atoms with van der Waals surface area (Å²) in [6.45, 7) is 3.82. The second-order valence-corrected chi connectivity index (χ2v) is 6.89. The van der Waals surface area contributed by atoms with Crippen molar-refractivity contribution in [3.8, 4) is 11.5 Å². The number of benzene rings is 2. The summed E-state index contributed by atoms with van der Waals surface area (Å²) in [5.74, 6) is 1.78. The van der Waals surface area contributed by atoms with Crippen molar-refractivity contribution in [3.63, 3.8) is 0 Å². The van der Waals surface area contributed by atoms with Crippen molar-refractivity contribution >= 4 is 23.4 Å². The third-order valence-electron chi connectivity index (χ3n) is 4.32. The Bertz CT molecular complexity index is 732. The van der Waals surface area contributed by atoms with Crippen molar-refractivity contribution < 1.29 is 9.47 Å². The monoisotopic (exact) mass is 368 g/mol. The Morgan fingerprint density at radius 1 is 1.00 bits per heavy atom. The molecule has 0 saturated carbocycles. The maximum absolute atomic E-state index is 5.39. The van der Waals surface area contributed by atoms with Crippen LogP contribution in [0.25, 0.3) is 11.6 Å². The van der Waals surface area contributed by atoms with Gasteiger partial charge in [-0.1, -0.05) is 24.3 Å². The van der Waals surface area contributed by atoms with Crippen LogP contribution in [-0.4, -0.2) is 20.5 Å². The maximum Gasteiger partial charge on any atom is 0.120 e. The molecule has 0 N–H and O–H groups in total. The average molecular weight is 369 g/mol. The van der Waals surface area contributed by atoms with Gasteiger partial charge in [0.05, 0.1) is 14.2 Å². The zero-order valence-corrected chi connectivity index (χ0v) is 16.8. The molecule has 0 bridgehead atoms. The number of rotatable bonds is 10. The van der Waals surface area contributed by atoms with Gasteiger partial charge in [-0.15, -0.1) is 18.3 Å². The van der Waals surface area contributed by atoms with Gasteiger partial charge in [-0.05, 0) is 79.0 Å². The summed E-state index contributed by atoms with van der Waals surface area (Å²) < 4.78 is 10.7. The topological polar surface area (TPSA) is 18.5 Å². The van der Waals surface area contributed by atoms with Gasteiger partial charge < -0.3 is 9.47 Å². The molecule has 0 aromatic heterocycles. The lowest BCUT2D eigenvalue weighted by Gasteiger charge is -2.14. The van der Waals surface area contributed by atoms with E-state index in [9.17, 15) is 0 Å². The van der Waals surface area contributed by atoms with Crippen LogP contribution in [-0.2, 0) is 0 Å². The van der Waals surface area contributed by atoms with Gasteiger partial charge >= 0.3 is 0 Å². The molecule has 0 aliphatic carbocycles. The normalized spacial score (nSPS) is 11.3. The standard InChI is InChI=1S/C23H28O2S/c1-5-6-7-8-9-19(16-18-10-12-20(24-2)13-11-18)22-15-14-21(25-3)17-23(22)26-4/h5,10-17H,1,6-9H2,2-4H3. The first kappa shape index (κ1) is 20.2. The first-order chi connectivity index (χ1) is 12.7. The molecule has 0 aliphatic rings. The van der Waals surface area contributed by atoms with Crippen LogP contribution in [0.3, 0.4) is 0 Å². The molecule has 0 aliphatic heterocycles. The van der Waals surface area contributed by atoms with Crippen LogP contribution in [0.15, 0.2) is 60.0 Å². The molecule has 0 amide bonds. The van der Waals surface area contributed by atoms with Crippen LogP contribution in [0.1, 0.15) is 36.8 Å². The highest BCUT2D eigenvalue weighted by atomic mass is 32.2. The predicted octanol–water partition coefficient (Wildman–Crippen LogP) is 6.71. The van der Waals surface area contributed by atoms with Crippen LogP contribution in [0.2, 0.25) is 0 Å². The molecule has 0 heterocycles. The van der Waals surface area contributed by atoms with Gasteiger partial charge in [0, 0.05) is 4.90 Å². The Balaban J connectivity index is 2.36. The minimum Gasteiger partial charge on any atom is -0.497 e. The molecule has 2 aromatic carbocycles. The molecule has 0 fully saturated rings. The van der Waals surface area contributed by atoms with Crippen molar-refractivity contribution in [2.24, 2.45) is 0 Å². The fraction of sp³-hybridized carbons (Fsp3) is 0.304. The number of hydrogen-bond acceptors (Lipinski definition) is 3. The third kappa shape index (κ3) is 5.70. The van der Waals surface area contributed by atoms with E-state index < -0.39 is 0 Å². The van der Waals surface area contributed by atoms with E-state index in [0.29, 0.717) is 0 Å². The van der Waals surface area contributed by atoms with Gasteiger partial charge in [0.25, 0.3) is 0 Å². The second-order valence-electron chi connectivity index (χ2n) is 6.04. The van der Waals surface area contributed by atoms with E-state index in [4.69, 9.17) is 9.47 Å². The number of hydrogen-bond donors (Lipinski definition) is 0. The second kappa shape index (κ2) is 10.8. The van der Waals surface area contributed by atoms with Crippen molar-refractivity contribution in [2.45, 2.75) is 30.6 Å². The SMILES string of the molecule is C=CCCCCC(=Cc1ccc(OC)cc1)c1ccc(OC)cc1SC. The molecule has 3 heteroatoms. The van der Waals surface area contributed by atoms with Crippen molar-refractivity contribution in [1.82, 2.24) is 0 Å². The molecule has 2 rings (SSSR count). The van der Waals surface area contributed by atoms with Gasteiger partial charge in [-0.3, -0.25) is 0 Å². The summed E-state index contributed by atoms with van der Waals surface area (Å²) in [4.78, 5) is 1.24. The number of unbranched alkanes of at least 4 members (excludes halogenated alkanes) is 2. The van der Waals surface area contributed by atoms with Crippen molar-refractivity contribution in [2.75, 3.05) is 20.5 Å². The van der Waals surface area contributed by atoms with E-state index in [0.717, 1.165) is 37.2 Å². The van der Waals surface area contributed by atoms with Crippen LogP contribution < -0.4 is 9.47 Å². The smallest absolute Gasteiger partial charge is 0.120 e. The molecular weight excluding hydrogens is 340 g/mol. The first-order valence-electron chi connectivity index (χ1n) is 8.89. The van der Waals surface area contributed by atoms with E-state index >= 15 is 0 Å². The van der Waals surface area contributed by atoms with Crippen LogP contribution >= 0.6 is 11.8 Å². The van der Waals surface area contributed by atoms with Crippen molar-refractivity contribution in [1.29, 1.82) is 0 Å². The number of allylic oxidation sites excluding steroid dienone is 2. The lowest BCUT2D eigenvalue weighted by molar-refractivity contribution is 0.413. The number of methoxy groups -OCH3 is 2. The molecular formula is C23H28O2S. The predicted molar refractivity (Wildman–Crippen MR) is 114 cm³/mol. The quantitative estimate of drug-likeness (QED) is 0.201. The molecule has 138 valence electrons. The van der Waals surface area contributed by atoms with Gasteiger partial charge in [-0.2, -0.15) is 0 Å². The van der Waals surface area contributed by atoms with E-state index in [1.54, 1.807) is 26.0 Å². The summed E-state index contributed by atoms with van der Waals surface area (Å²) >= 11 is 1.76. The minimum absolute atomic E-state index is 0.879. The molecule has 26 heavy (non-hydrogen) atoms. The Morgan fingerprint density at radius 3 is 2.31 bits per heavy atom. The van der Waals surface area contributed by atoms with Gasteiger partial charge in [-0.25, -0.2) is 0 Å². The lowest BCUT2D eigenvalue weighted by atomic mass is 9.97. The Morgan fingerprint density at radius 2 is 1.69 bits per heavy atom. The molecule has 0 saturated heterocycles. The molecule has 2 nitrogen and oxygen atoms in total. The molecule has 0 unspecified atom stereocenters. The number of thioether (sulfide) groups is 1. The zero-order valence-electron chi connectivity index (χ0n) is 16.0. The van der Waals surface area contributed by atoms with E-state index in [2.05, 4.69) is 43.2 Å². The minimum atomic E-state index is 0.879. The Kier molecular flexibility index (Phi) is 8.36. The summed E-state index contributed by atoms with van der Waals surface area (Å²) in [5.41, 5.74) is 3.83. The van der Waals surface area contributed by atoms with E-state index in [-0.39, 0.29) is 0 Å².